The molecule has 1 atom stereocenters. The minimum absolute atomic E-state index is 0.0667. The second-order valence-corrected chi connectivity index (χ2v) is 6.50. The van der Waals surface area contributed by atoms with Crippen LogP contribution < -0.4 is 5.32 Å². The Morgan fingerprint density at radius 3 is 2.38 bits per heavy atom. The number of hydrogen-bond donors (Lipinski definition) is 1. The minimum atomic E-state index is -0.263. The SMILES string of the molecule is CSc1ccc(CN(C)[C@H](C)C(=O)Nc2ccc(C#N)cc2)cc1. The molecule has 124 valence electrons. The lowest BCUT2D eigenvalue weighted by molar-refractivity contribution is -0.120. The number of carbonyl (C=O) groups excluding carboxylic acids is 1. The monoisotopic (exact) mass is 339 g/mol. The van der Waals surface area contributed by atoms with Crippen LogP contribution in [-0.2, 0) is 11.3 Å². The van der Waals surface area contributed by atoms with Gasteiger partial charge in [-0.25, -0.2) is 0 Å². The third-order valence-corrected chi connectivity index (χ3v) is 4.66. The van der Waals surface area contributed by atoms with E-state index in [0.717, 1.165) is 0 Å². The van der Waals surface area contributed by atoms with Gasteiger partial charge in [0.2, 0.25) is 5.91 Å². The van der Waals surface area contributed by atoms with E-state index in [0.29, 0.717) is 17.8 Å². The first-order valence-corrected chi connectivity index (χ1v) is 8.90. The summed E-state index contributed by atoms with van der Waals surface area (Å²) in [5, 5.41) is 11.7. The molecule has 0 heterocycles. The molecule has 0 radical (unpaired) electrons. The van der Waals surface area contributed by atoms with Crippen molar-refractivity contribution in [2.75, 3.05) is 18.6 Å². The van der Waals surface area contributed by atoms with Crippen LogP contribution in [0.25, 0.3) is 0 Å². The van der Waals surface area contributed by atoms with E-state index in [1.54, 1.807) is 36.0 Å². The molecule has 0 aromatic heterocycles. The van der Waals surface area contributed by atoms with Crippen molar-refractivity contribution >= 4 is 23.4 Å². The van der Waals surface area contributed by atoms with E-state index in [9.17, 15) is 4.79 Å². The Morgan fingerprint density at radius 2 is 1.83 bits per heavy atom. The Hall–Kier alpha value is -2.29. The molecule has 0 aliphatic carbocycles. The van der Waals surface area contributed by atoms with E-state index < -0.39 is 0 Å². The summed E-state index contributed by atoms with van der Waals surface area (Å²) in [7, 11) is 1.94. The number of likely N-dealkylation sites (N-methyl/N-ethyl adjacent to an activating group) is 1. The van der Waals surface area contributed by atoms with Gasteiger partial charge in [0.15, 0.2) is 0 Å². The largest absolute Gasteiger partial charge is 0.325 e. The molecule has 2 aromatic carbocycles. The lowest BCUT2D eigenvalue weighted by Gasteiger charge is -2.24. The highest BCUT2D eigenvalue weighted by atomic mass is 32.2. The average molecular weight is 339 g/mol. The lowest BCUT2D eigenvalue weighted by atomic mass is 10.1. The number of carbonyl (C=O) groups is 1. The molecule has 1 N–H and O–H groups in total. The van der Waals surface area contributed by atoms with E-state index >= 15 is 0 Å². The van der Waals surface area contributed by atoms with Gasteiger partial charge >= 0.3 is 0 Å². The first-order chi connectivity index (χ1) is 11.5. The van der Waals surface area contributed by atoms with Crippen LogP contribution in [0.5, 0.6) is 0 Å². The molecule has 0 aliphatic heterocycles. The van der Waals surface area contributed by atoms with E-state index in [1.165, 1.54) is 10.5 Å². The van der Waals surface area contributed by atoms with E-state index in [4.69, 9.17) is 5.26 Å². The van der Waals surface area contributed by atoms with Crippen LogP contribution in [0.15, 0.2) is 53.4 Å². The maximum Gasteiger partial charge on any atom is 0.241 e. The topological polar surface area (TPSA) is 56.1 Å². The fourth-order valence-corrected chi connectivity index (χ4v) is 2.64. The second kappa shape index (κ2) is 8.53. The third-order valence-electron chi connectivity index (χ3n) is 3.91. The van der Waals surface area contributed by atoms with Gasteiger partial charge in [-0.1, -0.05) is 12.1 Å². The number of anilines is 1. The summed E-state index contributed by atoms with van der Waals surface area (Å²) in [6.45, 7) is 2.59. The van der Waals surface area contributed by atoms with Gasteiger partial charge in [0.05, 0.1) is 17.7 Å². The molecule has 0 saturated carbocycles. The highest BCUT2D eigenvalue weighted by molar-refractivity contribution is 7.98. The highest BCUT2D eigenvalue weighted by Crippen LogP contribution is 2.16. The zero-order valence-electron chi connectivity index (χ0n) is 14.1. The van der Waals surface area contributed by atoms with Crippen LogP contribution >= 0.6 is 11.8 Å². The molecule has 0 unspecified atom stereocenters. The number of hydrogen-bond acceptors (Lipinski definition) is 4. The number of benzene rings is 2. The first kappa shape index (κ1) is 18.1. The van der Waals surface area contributed by atoms with Gasteiger partial charge in [0, 0.05) is 17.1 Å². The van der Waals surface area contributed by atoms with Crippen LogP contribution in [0, 0.1) is 11.3 Å². The van der Waals surface area contributed by atoms with Crippen molar-refractivity contribution in [2.45, 2.75) is 24.4 Å². The molecule has 2 rings (SSSR count). The number of nitrogens with one attached hydrogen (secondary N) is 1. The van der Waals surface area contributed by atoms with Gasteiger partial charge in [0.25, 0.3) is 0 Å². The molecular weight excluding hydrogens is 318 g/mol. The Morgan fingerprint density at radius 1 is 1.21 bits per heavy atom. The van der Waals surface area contributed by atoms with Crippen molar-refractivity contribution in [3.63, 3.8) is 0 Å². The minimum Gasteiger partial charge on any atom is -0.325 e. The van der Waals surface area contributed by atoms with Crippen LogP contribution in [0.4, 0.5) is 5.69 Å². The molecule has 5 heteroatoms. The molecule has 24 heavy (non-hydrogen) atoms. The third kappa shape index (κ3) is 4.85. The fraction of sp³-hybridized carbons (Fsp3) is 0.263. The summed E-state index contributed by atoms with van der Waals surface area (Å²) in [6, 6.07) is 17.0. The van der Waals surface area contributed by atoms with Crippen LogP contribution in [0.2, 0.25) is 0 Å². The van der Waals surface area contributed by atoms with Crippen molar-refractivity contribution < 1.29 is 4.79 Å². The summed E-state index contributed by atoms with van der Waals surface area (Å²) >= 11 is 1.71. The summed E-state index contributed by atoms with van der Waals surface area (Å²) in [5.74, 6) is -0.0667. The predicted molar refractivity (Wildman–Crippen MR) is 98.9 cm³/mol. The van der Waals surface area contributed by atoms with Gasteiger partial charge in [-0.3, -0.25) is 9.69 Å². The van der Waals surface area contributed by atoms with Crippen molar-refractivity contribution in [1.29, 1.82) is 5.26 Å². The van der Waals surface area contributed by atoms with Gasteiger partial charge in [-0.2, -0.15) is 5.26 Å². The van der Waals surface area contributed by atoms with Gasteiger partial charge < -0.3 is 5.32 Å². The van der Waals surface area contributed by atoms with Crippen molar-refractivity contribution in [1.82, 2.24) is 4.90 Å². The van der Waals surface area contributed by atoms with Crippen LogP contribution in [-0.4, -0.2) is 30.2 Å². The zero-order valence-corrected chi connectivity index (χ0v) is 14.9. The molecule has 0 fully saturated rings. The maximum absolute atomic E-state index is 12.4. The molecule has 0 aliphatic rings. The number of amides is 1. The summed E-state index contributed by atoms with van der Waals surface area (Å²) < 4.78 is 0. The molecule has 1 amide bonds. The Labute approximate surface area is 147 Å². The standard InChI is InChI=1S/C19H21N3OS/c1-14(19(23)21-17-8-4-15(12-20)5-9-17)22(2)13-16-6-10-18(24-3)11-7-16/h4-11,14H,13H2,1-3H3,(H,21,23)/t14-/m1/s1. The molecule has 0 bridgehead atoms. The summed E-state index contributed by atoms with van der Waals surface area (Å²) in [6.07, 6.45) is 2.05. The van der Waals surface area contributed by atoms with E-state index in [-0.39, 0.29) is 11.9 Å². The summed E-state index contributed by atoms with van der Waals surface area (Å²) in [4.78, 5) is 15.6. The number of rotatable bonds is 6. The Bertz CT molecular complexity index is 720. The zero-order chi connectivity index (χ0) is 17.5. The predicted octanol–water partition coefficient (Wildman–Crippen LogP) is 3.74. The number of thioether (sulfide) groups is 1. The Balaban J connectivity index is 1.94. The highest BCUT2D eigenvalue weighted by Gasteiger charge is 2.18. The van der Waals surface area contributed by atoms with Crippen molar-refractivity contribution in [3.05, 3.63) is 59.7 Å². The van der Waals surface area contributed by atoms with Crippen LogP contribution in [0.1, 0.15) is 18.1 Å². The molecule has 4 nitrogen and oxygen atoms in total. The average Bonchev–Trinajstić information content (AvgIpc) is 2.62. The quantitative estimate of drug-likeness (QED) is 0.815. The second-order valence-electron chi connectivity index (χ2n) is 5.62. The number of nitriles is 1. The van der Waals surface area contributed by atoms with Crippen molar-refractivity contribution in [2.24, 2.45) is 0 Å². The van der Waals surface area contributed by atoms with Gasteiger partial charge in [-0.05, 0) is 62.2 Å². The molecule has 0 spiro atoms. The summed E-state index contributed by atoms with van der Waals surface area (Å²) in [5.41, 5.74) is 2.45. The molecule has 2 aromatic rings. The number of nitrogens with zero attached hydrogens (tertiary/aromatic N) is 2. The fourth-order valence-electron chi connectivity index (χ4n) is 2.23. The molecule has 0 saturated heterocycles. The van der Waals surface area contributed by atoms with Gasteiger partial charge in [0.1, 0.15) is 0 Å². The van der Waals surface area contributed by atoms with Crippen molar-refractivity contribution in [3.8, 4) is 6.07 Å². The first-order valence-electron chi connectivity index (χ1n) is 7.67. The van der Waals surface area contributed by atoms with Crippen LogP contribution in [0.3, 0.4) is 0 Å². The van der Waals surface area contributed by atoms with Gasteiger partial charge in [-0.15, -0.1) is 11.8 Å². The maximum atomic E-state index is 12.4. The smallest absolute Gasteiger partial charge is 0.241 e. The lowest BCUT2D eigenvalue weighted by Crippen LogP contribution is -2.39. The van der Waals surface area contributed by atoms with E-state index in [2.05, 4.69) is 41.9 Å². The molecular formula is C19H21N3OS. The van der Waals surface area contributed by atoms with E-state index in [1.807, 2.05) is 18.9 Å². The Kier molecular flexibility index (Phi) is 6.42. The normalized spacial score (nSPS) is 11.8.